The van der Waals surface area contributed by atoms with E-state index in [2.05, 4.69) is 23.9 Å². The molecule has 0 saturated carbocycles. The van der Waals surface area contributed by atoms with Crippen LogP contribution in [-0.2, 0) is 4.74 Å². The molecule has 0 fully saturated rings. The van der Waals surface area contributed by atoms with Crippen molar-refractivity contribution in [3.05, 3.63) is 36.5 Å². The van der Waals surface area contributed by atoms with Gasteiger partial charge in [0.15, 0.2) is 0 Å². The van der Waals surface area contributed by atoms with Crippen molar-refractivity contribution in [3.8, 4) is 0 Å². The molecular weight excluding hydrogens is 220 g/mol. The Bertz CT molecular complexity index is 218. The summed E-state index contributed by atoms with van der Waals surface area (Å²) < 4.78 is 4.58. The van der Waals surface area contributed by atoms with Crippen LogP contribution >= 0.6 is 12.6 Å². The van der Waals surface area contributed by atoms with Crippen LogP contribution in [0.5, 0.6) is 0 Å². The first-order valence-electron chi connectivity index (χ1n) is 5.49. The van der Waals surface area contributed by atoms with Gasteiger partial charge in [-0.3, -0.25) is 0 Å². The summed E-state index contributed by atoms with van der Waals surface area (Å²) >= 11 is 3.44. The molecule has 0 aliphatic rings. The molecule has 94 valence electrons. The fourth-order valence-electron chi connectivity index (χ4n) is 0.505. The molecule has 0 unspecified atom stereocenters. The van der Waals surface area contributed by atoms with E-state index in [9.17, 15) is 4.79 Å². The van der Waals surface area contributed by atoms with Gasteiger partial charge in [-0.25, -0.2) is 4.79 Å². The molecule has 0 rings (SSSR count). The molecular formula is C13H24O2S. The van der Waals surface area contributed by atoms with Crippen molar-refractivity contribution in [2.75, 3.05) is 6.61 Å². The highest BCUT2D eigenvalue weighted by molar-refractivity contribution is 7.96. The zero-order chi connectivity index (χ0) is 13.4. The monoisotopic (exact) mass is 244 g/mol. The Morgan fingerprint density at radius 1 is 1.25 bits per heavy atom. The predicted octanol–water partition coefficient (Wildman–Crippen LogP) is 4.79. The van der Waals surface area contributed by atoms with Crippen LogP contribution in [0.25, 0.3) is 0 Å². The predicted molar refractivity (Wildman–Crippen MR) is 76.1 cm³/mol. The van der Waals surface area contributed by atoms with E-state index in [0.29, 0.717) is 0 Å². The zero-order valence-corrected chi connectivity index (χ0v) is 11.9. The number of ether oxygens (including phenoxy) is 1. The summed E-state index contributed by atoms with van der Waals surface area (Å²) in [6, 6.07) is 0. The van der Waals surface area contributed by atoms with Crippen LogP contribution in [-0.4, -0.2) is 11.9 Å². The molecule has 0 aromatic heterocycles. The van der Waals surface area contributed by atoms with Crippen molar-refractivity contribution in [2.45, 2.75) is 34.6 Å². The van der Waals surface area contributed by atoms with Gasteiger partial charge in [-0.1, -0.05) is 71.2 Å². The van der Waals surface area contributed by atoms with Crippen molar-refractivity contribution < 1.29 is 9.53 Å². The molecule has 0 aromatic carbocycles. The van der Waals surface area contributed by atoms with E-state index in [0.717, 1.165) is 5.57 Å². The Labute approximate surface area is 105 Å². The fourth-order valence-corrected chi connectivity index (χ4v) is 0.570. The van der Waals surface area contributed by atoms with Crippen LogP contribution in [0.4, 0.5) is 4.79 Å². The summed E-state index contributed by atoms with van der Waals surface area (Å²) in [5.41, 5.74) is 0.732. The Morgan fingerprint density at radius 3 is 2.12 bits per heavy atom. The van der Waals surface area contributed by atoms with E-state index in [-0.39, 0.29) is 6.61 Å². The van der Waals surface area contributed by atoms with Gasteiger partial charge in [-0.2, -0.15) is 0 Å². The van der Waals surface area contributed by atoms with Gasteiger partial charge in [0.2, 0.25) is 0 Å². The second kappa shape index (κ2) is 19.6. The molecule has 0 atom stereocenters. The second-order valence-electron chi connectivity index (χ2n) is 2.10. The van der Waals surface area contributed by atoms with Crippen LogP contribution in [0.2, 0.25) is 0 Å². The molecule has 0 amide bonds. The summed E-state index contributed by atoms with van der Waals surface area (Å²) in [4.78, 5) is 10.2. The normalized spacial score (nSPS) is 8.88. The Kier molecular flexibility index (Phi) is 25.0. The van der Waals surface area contributed by atoms with Crippen LogP contribution in [0.15, 0.2) is 36.5 Å². The molecule has 0 aliphatic carbocycles. The lowest BCUT2D eigenvalue weighted by molar-refractivity contribution is 0.186. The zero-order valence-electron chi connectivity index (χ0n) is 11.0. The maximum Gasteiger partial charge on any atom is 0.364 e. The number of carbonyl (C=O) groups is 1. The molecule has 0 saturated heterocycles. The topological polar surface area (TPSA) is 26.3 Å². The highest BCUT2D eigenvalue weighted by atomic mass is 32.1. The molecule has 16 heavy (non-hydrogen) atoms. The maximum atomic E-state index is 10.2. The smallest absolute Gasteiger partial charge is 0.364 e. The van der Waals surface area contributed by atoms with Crippen molar-refractivity contribution in [3.63, 3.8) is 0 Å². The largest absolute Gasteiger partial charge is 0.453 e. The average Bonchev–Trinajstić information content (AvgIpc) is 2.32. The first kappa shape index (κ1) is 20.5. The highest BCUT2D eigenvalue weighted by Gasteiger charge is 1.93. The number of rotatable bonds is 4. The summed E-state index contributed by atoms with van der Waals surface area (Å²) in [5, 5.41) is -0.587. The summed E-state index contributed by atoms with van der Waals surface area (Å²) in [7, 11) is 0. The Morgan fingerprint density at radius 2 is 1.75 bits per heavy atom. The number of hydrogen-bond donors (Lipinski definition) is 1. The number of allylic oxidation sites excluding steroid dienone is 3. The van der Waals surface area contributed by atoms with Crippen molar-refractivity contribution in [1.29, 1.82) is 0 Å². The third kappa shape index (κ3) is 23.1. The van der Waals surface area contributed by atoms with Gasteiger partial charge >= 0.3 is 5.30 Å². The van der Waals surface area contributed by atoms with Gasteiger partial charge in [-0.15, -0.1) is 0 Å². The first-order chi connectivity index (χ1) is 7.66. The van der Waals surface area contributed by atoms with Crippen molar-refractivity contribution in [1.82, 2.24) is 0 Å². The van der Waals surface area contributed by atoms with Crippen molar-refractivity contribution in [2.24, 2.45) is 0 Å². The van der Waals surface area contributed by atoms with Gasteiger partial charge in [0.05, 0.1) is 0 Å². The minimum atomic E-state index is -0.587. The minimum absolute atomic E-state index is 0.191. The minimum Gasteiger partial charge on any atom is -0.453 e. The Hall–Kier alpha value is -0.960. The summed E-state index contributed by atoms with van der Waals surface area (Å²) in [6.45, 7) is 13.8. The van der Waals surface area contributed by atoms with Gasteiger partial charge in [-0.05, 0) is 12.5 Å². The molecule has 0 bridgehead atoms. The third-order valence-corrected chi connectivity index (χ3v) is 1.15. The SMILES string of the molecule is C=C(/C=C\C=C/C)COC(=O)S.CC.CC. The summed E-state index contributed by atoms with van der Waals surface area (Å²) in [5.74, 6) is 0. The van der Waals surface area contributed by atoms with Gasteiger partial charge in [0.1, 0.15) is 6.61 Å². The van der Waals surface area contributed by atoms with Crippen LogP contribution in [0, 0.1) is 0 Å². The van der Waals surface area contributed by atoms with Crippen LogP contribution in [0.1, 0.15) is 34.6 Å². The van der Waals surface area contributed by atoms with E-state index in [1.807, 2.05) is 52.8 Å². The lowest BCUT2D eigenvalue weighted by atomic mass is 10.3. The number of hydrogen-bond acceptors (Lipinski definition) is 2. The molecule has 0 N–H and O–H groups in total. The van der Waals surface area contributed by atoms with E-state index < -0.39 is 5.30 Å². The molecule has 0 radical (unpaired) electrons. The van der Waals surface area contributed by atoms with Gasteiger partial charge in [0.25, 0.3) is 0 Å². The molecule has 0 spiro atoms. The molecule has 3 heteroatoms. The molecule has 0 aromatic rings. The second-order valence-corrected chi connectivity index (χ2v) is 2.46. The van der Waals surface area contributed by atoms with E-state index in [1.165, 1.54) is 0 Å². The fraction of sp³-hybridized carbons (Fsp3) is 0.462. The van der Waals surface area contributed by atoms with E-state index >= 15 is 0 Å². The lowest BCUT2D eigenvalue weighted by Crippen LogP contribution is -1.96. The van der Waals surface area contributed by atoms with Crippen LogP contribution < -0.4 is 0 Å². The molecule has 0 heterocycles. The third-order valence-electron chi connectivity index (χ3n) is 1.02. The number of carbonyl (C=O) groups excluding carboxylic acids is 1. The molecule has 0 aliphatic heterocycles. The van der Waals surface area contributed by atoms with Gasteiger partial charge < -0.3 is 4.74 Å². The van der Waals surface area contributed by atoms with E-state index in [4.69, 9.17) is 0 Å². The maximum absolute atomic E-state index is 10.2. The average molecular weight is 244 g/mol. The highest BCUT2D eigenvalue weighted by Crippen LogP contribution is 1.96. The quantitative estimate of drug-likeness (QED) is 0.437. The Balaban J connectivity index is -0.000000376. The molecule has 2 nitrogen and oxygen atoms in total. The first-order valence-corrected chi connectivity index (χ1v) is 5.94. The number of thiol groups is 1. The summed E-state index contributed by atoms with van der Waals surface area (Å²) in [6.07, 6.45) is 7.37. The van der Waals surface area contributed by atoms with Crippen molar-refractivity contribution >= 4 is 17.9 Å². The van der Waals surface area contributed by atoms with Crippen LogP contribution in [0.3, 0.4) is 0 Å². The van der Waals surface area contributed by atoms with Gasteiger partial charge in [0, 0.05) is 0 Å². The standard InChI is InChI=1S/C9H12O2S.2C2H6/c1-3-4-5-6-8(2)7-11-9(10)12;2*1-2/h3-6H,2,7H2,1H3,(H,10,12);2*1-2H3/b4-3-,6-5-;;. The lowest BCUT2D eigenvalue weighted by Gasteiger charge is -1.98. The van der Waals surface area contributed by atoms with E-state index in [1.54, 1.807) is 6.08 Å².